The van der Waals surface area contributed by atoms with Crippen molar-refractivity contribution in [2.75, 3.05) is 9.80 Å². The highest BCUT2D eigenvalue weighted by molar-refractivity contribution is 7.25. The van der Waals surface area contributed by atoms with Gasteiger partial charge in [-0.15, -0.1) is 11.3 Å². The smallest absolute Gasteiger partial charge is 0.247 e. The number of aromatic nitrogens is 1. The molecule has 0 aliphatic carbocycles. The fourth-order valence-electron chi connectivity index (χ4n) is 11.2. The van der Waals surface area contributed by atoms with E-state index in [-0.39, 0.29) is 127 Å². The van der Waals surface area contributed by atoms with Crippen molar-refractivity contribution in [3.8, 4) is 5.69 Å². The number of thiophene rings is 1. The third-order valence-corrected chi connectivity index (χ3v) is 16.4. The Hall–Kier alpha value is -7.34. The van der Waals surface area contributed by atoms with Gasteiger partial charge in [-0.25, -0.2) is 0 Å². The van der Waals surface area contributed by atoms with Crippen molar-refractivity contribution in [2.24, 2.45) is 0 Å². The molecular formula is C75H74BN3S. The second-order valence-corrected chi connectivity index (χ2v) is 27.4. The topological polar surface area (TPSA) is 11.4 Å². The third-order valence-electron chi connectivity index (χ3n) is 15.4. The molecule has 0 spiro atoms. The molecule has 2 aromatic heterocycles. The molecule has 0 bridgehead atoms. The van der Waals surface area contributed by atoms with Crippen molar-refractivity contribution in [3.63, 3.8) is 0 Å². The SMILES string of the molecule is [2H]c1c([2H])c2c3c(c1[2H])-n1c4c([2H])c([2H])c(C(C)(C)C)c([2H])c4c4c([2H])c(C(C)(C)C)c([2H])c(c41)C3c1c([2H])c(C(C)(C)C)c([2H])c3c1B2c1c([2H])c([2H])c(N(c2c([2H])c([2H])c(C(C)(C)C)c([2H])c2[2H])c2c([2H])c([2H])c(C(C)(C)C)c([2H])c2[2H])c([2H])c1N3c1c([2H])c([2H])c2sc3c([2H])c([2H])c([2H])c([2H])c3c2c1[2H]. The van der Waals surface area contributed by atoms with E-state index in [0.29, 0.717) is 16.2 Å². The van der Waals surface area contributed by atoms with Crippen molar-refractivity contribution in [2.45, 2.75) is 137 Å². The number of hydrogen-bond donors (Lipinski definition) is 0. The van der Waals surface area contributed by atoms with E-state index >= 15 is 0 Å². The van der Waals surface area contributed by atoms with Crippen molar-refractivity contribution in [1.82, 2.24) is 4.57 Å². The predicted octanol–water partition coefficient (Wildman–Crippen LogP) is 19.2. The van der Waals surface area contributed by atoms with E-state index < -0.39 is 224 Å². The van der Waals surface area contributed by atoms with Gasteiger partial charge >= 0.3 is 0 Å². The molecule has 0 fully saturated rings. The molecule has 1 unspecified atom stereocenters. The molecule has 3 aliphatic rings. The Kier molecular flexibility index (Phi) is 6.17. The monoisotopic (exact) mass is 1090 g/mol. The lowest BCUT2D eigenvalue weighted by molar-refractivity contribution is 0.588. The van der Waals surface area contributed by atoms with Gasteiger partial charge in [0, 0.05) is 76.7 Å². The number of benzene rings is 9. The van der Waals surface area contributed by atoms with Crippen LogP contribution in [0.2, 0.25) is 0 Å². The van der Waals surface area contributed by atoms with Crippen LogP contribution in [0.4, 0.5) is 34.1 Å². The van der Waals surface area contributed by atoms with Gasteiger partial charge in [0.05, 0.1) is 49.4 Å². The minimum atomic E-state index is -1.94. The van der Waals surface area contributed by atoms with Gasteiger partial charge in [0.2, 0.25) is 6.71 Å². The molecule has 5 heterocycles. The number of rotatable bonds is 4. The van der Waals surface area contributed by atoms with Gasteiger partial charge in [-0.2, -0.15) is 0 Å². The molecule has 11 aromatic rings. The van der Waals surface area contributed by atoms with Crippen LogP contribution in [0.1, 0.15) is 193 Å². The highest BCUT2D eigenvalue weighted by atomic mass is 32.1. The highest BCUT2D eigenvalue weighted by Gasteiger charge is 2.48. The average Bonchev–Trinajstić information content (AvgIpc) is 1.17. The summed E-state index contributed by atoms with van der Waals surface area (Å²) >= 11 is 0.697. The Morgan fingerprint density at radius 2 is 1.00 bits per heavy atom. The second-order valence-electron chi connectivity index (χ2n) is 26.4. The first-order valence-electron chi connectivity index (χ1n) is 40.9. The summed E-state index contributed by atoms with van der Waals surface area (Å²) in [6.45, 7) is 23.5. The van der Waals surface area contributed by atoms with Gasteiger partial charge in [0.15, 0.2) is 0 Å². The molecule has 0 amide bonds. The molecule has 9 aromatic carbocycles. The Morgan fingerprint density at radius 1 is 0.425 bits per heavy atom. The van der Waals surface area contributed by atoms with Crippen LogP contribution >= 0.6 is 11.3 Å². The largest absolute Gasteiger partial charge is 0.311 e. The van der Waals surface area contributed by atoms with Gasteiger partial charge < -0.3 is 14.4 Å². The van der Waals surface area contributed by atoms with E-state index in [1.165, 1.54) is 4.57 Å². The summed E-state index contributed by atoms with van der Waals surface area (Å²) in [6, 6.07) is -19.1. The molecular weight excluding hydrogens is 986 g/mol. The molecule has 5 heteroatoms. The predicted molar refractivity (Wildman–Crippen MR) is 349 cm³/mol. The van der Waals surface area contributed by atoms with E-state index in [4.69, 9.17) is 4.11 Å². The van der Waals surface area contributed by atoms with Crippen molar-refractivity contribution < 1.29 is 38.4 Å². The first kappa shape index (κ1) is 28.9. The molecule has 3 nitrogen and oxygen atoms in total. The normalized spacial score (nSPS) is 19.9. The quantitative estimate of drug-likeness (QED) is 0.163. The summed E-state index contributed by atoms with van der Waals surface area (Å²) in [5, 5.41) is -0.588. The first-order valence-corrected chi connectivity index (χ1v) is 27.7. The molecule has 1 atom stereocenters. The summed E-state index contributed by atoms with van der Waals surface area (Å²) in [7, 11) is 0. The lowest BCUT2D eigenvalue weighted by Gasteiger charge is -2.45. The van der Waals surface area contributed by atoms with E-state index in [2.05, 4.69) is 0 Å². The maximum absolute atomic E-state index is 11.3. The maximum Gasteiger partial charge on any atom is 0.247 e. The van der Waals surface area contributed by atoms with Crippen LogP contribution in [0.25, 0.3) is 47.7 Å². The molecule has 0 saturated heterocycles. The van der Waals surface area contributed by atoms with Crippen LogP contribution in [0.3, 0.4) is 0 Å². The van der Waals surface area contributed by atoms with Crippen LogP contribution in [0, 0.1) is 0 Å². The lowest BCUT2D eigenvalue weighted by Crippen LogP contribution is -2.62. The summed E-state index contributed by atoms with van der Waals surface area (Å²) in [4.78, 5) is 1.71. The molecule has 0 radical (unpaired) electrons. The fraction of sp³-hybridized carbons (Fsp3) is 0.280. The number of anilines is 6. The zero-order chi connectivity index (χ0) is 80.3. The van der Waals surface area contributed by atoms with Gasteiger partial charge in [0.25, 0.3) is 0 Å². The zero-order valence-corrected chi connectivity index (χ0v) is 48.2. The summed E-state index contributed by atoms with van der Waals surface area (Å²) in [6.07, 6.45) is 0. The third kappa shape index (κ3) is 7.73. The number of fused-ring (bicyclic) bond motifs is 12. The van der Waals surface area contributed by atoms with E-state index in [0.717, 1.165) is 4.90 Å². The van der Waals surface area contributed by atoms with Crippen LogP contribution in [0.5, 0.6) is 0 Å². The second kappa shape index (κ2) is 17.1. The van der Waals surface area contributed by atoms with E-state index in [1.54, 1.807) is 104 Å². The lowest BCUT2D eigenvalue weighted by atomic mass is 9.30. The van der Waals surface area contributed by atoms with Crippen LogP contribution < -0.4 is 26.2 Å². The van der Waals surface area contributed by atoms with E-state index in [9.17, 15) is 34.3 Å². The molecule has 398 valence electrons. The number of hydrogen-bond acceptors (Lipinski definition) is 3. The Bertz CT molecular complexity index is 5960. The Morgan fingerprint density at radius 3 is 1.65 bits per heavy atom. The summed E-state index contributed by atoms with van der Waals surface area (Å²) in [5.74, 6) is -1.63. The first-order chi connectivity index (χ1) is 49.6. The average molecular weight is 1090 g/mol. The van der Waals surface area contributed by atoms with E-state index in [1.807, 2.05) is 0 Å². The van der Waals surface area contributed by atoms with Gasteiger partial charge in [-0.3, -0.25) is 0 Å². The van der Waals surface area contributed by atoms with Gasteiger partial charge in [-0.1, -0.05) is 188 Å². The van der Waals surface area contributed by atoms with Crippen LogP contribution in [0.15, 0.2) is 169 Å². The van der Waals surface area contributed by atoms with Crippen LogP contribution in [-0.4, -0.2) is 11.3 Å². The molecule has 14 rings (SSSR count). The Balaban J connectivity index is 1.30. The summed E-state index contributed by atoms with van der Waals surface area (Å²) in [5.41, 5.74) is -12.1. The van der Waals surface area contributed by atoms with Gasteiger partial charge in [0.1, 0.15) is 0 Å². The van der Waals surface area contributed by atoms with Crippen molar-refractivity contribution in [3.05, 3.63) is 214 Å². The Labute approximate surface area is 518 Å². The fourth-order valence-corrected chi connectivity index (χ4v) is 12.1. The van der Waals surface area contributed by atoms with Crippen molar-refractivity contribution >= 4 is 111 Å². The highest BCUT2D eigenvalue weighted by Crippen LogP contribution is 2.53. The summed E-state index contributed by atoms with van der Waals surface area (Å²) < 4.78 is 284. The van der Waals surface area contributed by atoms with Crippen molar-refractivity contribution in [1.29, 1.82) is 0 Å². The standard InChI is InChI=1S/C75H74BN3S/c1-71(2,3)44-23-28-49(29-24-44)77(50-30-25-45(26-31-50)72(4,5)6)52-32-34-59-63(43-52)78(51-33-36-66-55(42-51)53-19-16-17-22-65(53)80-66)64-41-48(75(13,14)15)39-57-67-58-40-47(74(10,11)12)38-56-54-37-46(73(7,8)9)27-35-61(54)79(70(56)58)62-21-18-20-60(68(62)67)76(59)69(57)64/h16-43,67H,1-15H3/i16D,17D,18D,19D,20D,21D,22D,23D,24D,25D,26D,27D,28D,29D,30D,31D,32D,33D,34D,35D,36D,37D,38D,39D,40D,41D,42D,43D. The zero-order valence-electron chi connectivity index (χ0n) is 75.4. The number of nitrogens with zero attached hydrogens (tertiary/aromatic N) is 3. The minimum absolute atomic E-state index is 0.00974. The molecule has 3 aliphatic heterocycles. The molecule has 80 heavy (non-hydrogen) atoms. The minimum Gasteiger partial charge on any atom is -0.311 e. The van der Waals surface area contributed by atoms with Crippen LogP contribution in [-0.2, 0) is 27.1 Å². The maximum atomic E-state index is 11.3. The molecule has 0 saturated carbocycles. The molecule has 0 N–H and O–H groups in total. The van der Waals surface area contributed by atoms with Gasteiger partial charge in [-0.05, 0) is 173 Å².